The minimum atomic E-state index is -0.557. The number of rotatable bonds is 3. The summed E-state index contributed by atoms with van der Waals surface area (Å²) < 4.78 is 4.30. The molecule has 0 aliphatic heterocycles. The van der Waals surface area contributed by atoms with E-state index in [9.17, 15) is 9.90 Å². The van der Waals surface area contributed by atoms with Crippen LogP contribution in [0.3, 0.4) is 0 Å². The Balaban J connectivity index is 3.62. The van der Waals surface area contributed by atoms with Crippen molar-refractivity contribution in [3.05, 3.63) is 0 Å². The standard InChI is InChI=1S/C9H14O3/c1-3-5-8(10)6-4-7-9(11)12-2/h8,10H,3,5-6H2,1-2H3. The van der Waals surface area contributed by atoms with Crippen LogP contribution in [0.25, 0.3) is 0 Å². The molecule has 0 amide bonds. The molecule has 0 aromatic carbocycles. The van der Waals surface area contributed by atoms with Crippen LogP contribution in [-0.4, -0.2) is 24.3 Å². The van der Waals surface area contributed by atoms with Gasteiger partial charge in [-0.05, 0) is 6.42 Å². The molecule has 0 saturated carbocycles. The summed E-state index contributed by atoms with van der Waals surface area (Å²) in [5.41, 5.74) is 0. The monoisotopic (exact) mass is 170 g/mol. The Bertz CT molecular complexity index is 188. The molecule has 0 aromatic heterocycles. The number of hydrogen-bond donors (Lipinski definition) is 1. The van der Waals surface area contributed by atoms with Crippen LogP contribution in [0.2, 0.25) is 0 Å². The second-order valence-corrected chi connectivity index (χ2v) is 2.44. The summed E-state index contributed by atoms with van der Waals surface area (Å²) in [6.07, 6.45) is 1.55. The van der Waals surface area contributed by atoms with Crippen molar-refractivity contribution in [1.82, 2.24) is 0 Å². The SMILES string of the molecule is CCCC(O)CC#CC(=O)OC. The molecule has 0 fully saturated rings. The first-order chi connectivity index (χ1) is 5.70. The van der Waals surface area contributed by atoms with Crippen LogP contribution >= 0.6 is 0 Å². The first-order valence-electron chi connectivity index (χ1n) is 3.95. The molecule has 0 aromatic rings. The summed E-state index contributed by atoms with van der Waals surface area (Å²) in [7, 11) is 1.28. The minimum absolute atomic E-state index is 0.336. The highest BCUT2D eigenvalue weighted by atomic mass is 16.5. The highest BCUT2D eigenvalue weighted by Crippen LogP contribution is 1.98. The van der Waals surface area contributed by atoms with E-state index in [2.05, 4.69) is 16.6 Å². The topological polar surface area (TPSA) is 46.5 Å². The van der Waals surface area contributed by atoms with Gasteiger partial charge in [0.2, 0.25) is 0 Å². The van der Waals surface area contributed by atoms with E-state index in [1.165, 1.54) is 7.11 Å². The quantitative estimate of drug-likeness (QED) is 0.385. The third-order valence-electron chi connectivity index (χ3n) is 1.34. The number of aliphatic hydroxyl groups excluding tert-OH is 1. The number of aliphatic hydroxyl groups is 1. The van der Waals surface area contributed by atoms with E-state index in [1.54, 1.807) is 0 Å². The molecule has 1 atom stereocenters. The lowest BCUT2D eigenvalue weighted by atomic mass is 10.1. The van der Waals surface area contributed by atoms with Crippen molar-refractivity contribution in [3.8, 4) is 11.8 Å². The molecule has 0 radical (unpaired) electrons. The van der Waals surface area contributed by atoms with Gasteiger partial charge in [-0.2, -0.15) is 0 Å². The third-order valence-corrected chi connectivity index (χ3v) is 1.34. The zero-order valence-electron chi connectivity index (χ0n) is 7.46. The minimum Gasteiger partial charge on any atom is -0.459 e. The molecule has 0 heterocycles. The highest BCUT2D eigenvalue weighted by molar-refractivity contribution is 5.88. The van der Waals surface area contributed by atoms with Gasteiger partial charge < -0.3 is 9.84 Å². The number of esters is 1. The molecule has 3 heteroatoms. The Morgan fingerprint density at radius 2 is 2.33 bits per heavy atom. The highest BCUT2D eigenvalue weighted by Gasteiger charge is 1.98. The van der Waals surface area contributed by atoms with Crippen LogP contribution in [0.4, 0.5) is 0 Å². The predicted molar refractivity (Wildman–Crippen MR) is 45.3 cm³/mol. The van der Waals surface area contributed by atoms with Crippen molar-refractivity contribution < 1.29 is 14.6 Å². The lowest BCUT2D eigenvalue weighted by molar-refractivity contribution is -0.133. The van der Waals surface area contributed by atoms with Crippen molar-refractivity contribution in [2.24, 2.45) is 0 Å². The number of carbonyl (C=O) groups excluding carboxylic acids is 1. The van der Waals surface area contributed by atoms with Crippen molar-refractivity contribution in [2.45, 2.75) is 32.3 Å². The lowest BCUT2D eigenvalue weighted by Gasteiger charge is -2.01. The van der Waals surface area contributed by atoms with Gasteiger partial charge in [-0.15, -0.1) is 0 Å². The van der Waals surface area contributed by atoms with Gasteiger partial charge >= 0.3 is 5.97 Å². The van der Waals surface area contributed by atoms with Crippen molar-refractivity contribution in [3.63, 3.8) is 0 Å². The van der Waals surface area contributed by atoms with E-state index in [4.69, 9.17) is 0 Å². The molecule has 0 aliphatic rings. The van der Waals surface area contributed by atoms with Crippen LogP contribution < -0.4 is 0 Å². The molecule has 0 aliphatic carbocycles. The van der Waals surface area contributed by atoms with E-state index in [-0.39, 0.29) is 0 Å². The Morgan fingerprint density at radius 3 is 2.83 bits per heavy atom. The molecule has 1 unspecified atom stereocenters. The molecule has 68 valence electrons. The molecule has 1 N–H and O–H groups in total. The van der Waals surface area contributed by atoms with Crippen LogP contribution in [0.5, 0.6) is 0 Å². The third kappa shape index (κ3) is 5.75. The van der Waals surface area contributed by atoms with Crippen molar-refractivity contribution >= 4 is 5.97 Å². The Kier molecular flexibility index (Phi) is 6.12. The first-order valence-corrected chi connectivity index (χ1v) is 3.95. The molecule has 0 bridgehead atoms. The van der Waals surface area contributed by atoms with Crippen molar-refractivity contribution in [1.29, 1.82) is 0 Å². The molecular weight excluding hydrogens is 156 g/mol. The largest absolute Gasteiger partial charge is 0.459 e. The van der Waals surface area contributed by atoms with E-state index in [0.717, 1.165) is 12.8 Å². The van der Waals surface area contributed by atoms with Crippen LogP contribution in [0, 0.1) is 11.8 Å². The normalized spacial score (nSPS) is 11.2. The summed E-state index contributed by atoms with van der Waals surface area (Å²) in [6, 6.07) is 0. The Hall–Kier alpha value is -1.01. The number of ether oxygens (including phenoxy) is 1. The van der Waals surface area contributed by atoms with Gasteiger partial charge in [0.15, 0.2) is 0 Å². The fourth-order valence-electron chi connectivity index (χ4n) is 0.727. The van der Waals surface area contributed by atoms with E-state index in [0.29, 0.717) is 6.42 Å². The molecule has 0 saturated heterocycles. The maximum Gasteiger partial charge on any atom is 0.384 e. The zero-order valence-corrected chi connectivity index (χ0v) is 7.46. The first kappa shape index (κ1) is 11.0. The summed E-state index contributed by atoms with van der Waals surface area (Å²) >= 11 is 0. The second-order valence-electron chi connectivity index (χ2n) is 2.44. The van der Waals surface area contributed by atoms with Crippen LogP contribution in [0.15, 0.2) is 0 Å². The van der Waals surface area contributed by atoms with E-state index >= 15 is 0 Å². The van der Waals surface area contributed by atoms with Gasteiger partial charge in [0, 0.05) is 12.3 Å². The number of hydrogen-bond acceptors (Lipinski definition) is 3. The molecule has 3 nitrogen and oxygen atoms in total. The van der Waals surface area contributed by atoms with Gasteiger partial charge in [-0.3, -0.25) is 0 Å². The average molecular weight is 170 g/mol. The Morgan fingerprint density at radius 1 is 1.67 bits per heavy atom. The summed E-state index contributed by atoms with van der Waals surface area (Å²) in [5, 5.41) is 9.18. The van der Waals surface area contributed by atoms with E-state index < -0.39 is 12.1 Å². The van der Waals surface area contributed by atoms with Crippen LogP contribution in [-0.2, 0) is 9.53 Å². The average Bonchev–Trinajstić information content (AvgIpc) is 2.04. The number of methoxy groups -OCH3 is 1. The molecule has 12 heavy (non-hydrogen) atoms. The van der Waals surface area contributed by atoms with Gasteiger partial charge in [-0.1, -0.05) is 19.3 Å². The summed E-state index contributed by atoms with van der Waals surface area (Å²) in [4.78, 5) is 10.5. The smallest absolute Gasteiger partial charge is 0.384 e. The van der Waals surface area contributed by atoms with Crippen molar-refractivity contribution in [2.75, 3.05) is 7.11 Å². The maximum atomic E-state index is 10.5. The predicted octanol–water partition coefficient (Wildman–Crippen LogP) is 0.714. The lowest BCUT2D eigenvalue weighted by Crippen LogP contribution is -2.04. The fourth-order valence-corrected chi connectivity index (χ4v) is 0.727. The number of carbonyl (C=O) groups is 1. The second kappa shape index (κ2) is 6.68. The maximum absolute atomic E-state index is 10.5. The van der Waals surface area contributed by atoms with E-state index in [1.807, 2.05) is 6.92 Å². The van der Waals surface area contributed by atoms with Gasteiger partial charge in [-0.25, -0.2) is 4.79 Å². The summed E-state index contributed by atoms with van der Waals surface area (Å²) in [6.45, 7) is 1.98. The van der Waals surface area contributed by atoms with Crippen LogP contribution in [0.1, 0.15) is 26.2 Å². The molecule has 0 rings (SSSR count). The zero-order chi connectivity index (χ0) is 9.40. The van der Waals surface area contributed by atoms with Gasteiger partial charge in [0.25, 0.3) is 0 Å². The van der Waals surface area contributed by atoms with Gasteiger partial charge in [0.05, 0.1) is 13.2 Å². The fraction of sp³-hybridized carbons (Fsp3) is 0.667. The summed E-state index contributed by atoms with van der Waals surface area (Å²) in [5.74, 6) is 4.24. The van der Waals surface area contributed by atoms with Gasteiger partial charge in [0.1, 0.15) is 0 Å². The molecule has 0 spiro atoms. The Labute approximate surface area is 72.7 Å². The molecular formula is C9H14O3.